The number of halogens is 1. The lowest BCUT2D eigenvalue weighted by molar-refractivity contribution is -0.113. The second kappa shape index (κ2) is 8.88. The standard InChI is InChI=1S/C20H18ClN3O2S/c1-14(25)16-4-8-18(9-5-16)23-19(26)13-27-20-22-10-11-24(20)12-15-2-6-17(21)7-3-15/h2-11H,12-13H2,1H3,(H,23,26). The number of carbonyl (C=O) groups is 2. The summed E-state index contributed by atoms with van der Waals surface area (Å²) in [7, 11) is 0. The first-order valence-corrected chi connectivity index (χ1v) is 9.67. The first-order valence-electron chi connectivity index (χ1n) is 8.30. The van der Waals surface area contributed by atoms with Crippen molar-refractivity contribution < 1.29 is 9.59 Å². The first kappa shape index (κ1) is 19.2. The smallest absolute Gasteiger partial charge is 0.234 e. The number of ketones is 1. The van der Waals surface area contributed by atoms with Gasteiger partial charge in [0.15, 0.2) is 10.9 Å². The van der Waals surface area contributed by atoms with Gasteiger partial charge in [0.05, 0.1) is 5.75 Å². The van der Waals surface area contributed by atoms with Gasteiger partial charge in [-0.25, -0.2) is 4.98 Å². The zero-order valence-corrected chi connectivity index (χ0v) is 16.3. The molecule has 27 heavy (non-hydrogen) atoms. The second-order valence-electron chi connectivity index (χ2n) is 5.93. The number of thioether (sulfide) groups is 1. The lowest BCUT2D eigenvalue weighted by atomic mass is 10.1. The average Bonchev–Trinajstić information content (AvgIpc) is 3.09. The number of rotatable bonds is 7. The van der Waals surface area contributed by atoms with Crippen LogP contribution in [0.2, 0.25) is 5.02 Å². The minimum absolute atomic E-state index is 0.00374. The van der Waals surface area contributed by atoms with E-state index >= 15 is 0 Å². The predicted octanol–water partition coefficient (Wildman–Crippen LogP) is 4.52. The van der Waals surface area contributed by atoms with Crippen LogP contribution in [0.15, 0.2) is 66.1 Å². The number of hydrogen-bond acceptors (Lipinski definition) is 4. The maximum Gasteiger partial charge on any atom is 0.234 e. The number of benzene rings is 2. The second-order valence-corrected chi connectivity index (χ2v) is 7.31. The van der Waals surface area contributed by atoms with Gasteiger partial charge < -0.3 is 9.88 Å². The van der Waals surface area contributed by atoms with Gasteiger partial charge in [0.2, 0.25) is 5.91 Å². The summed E-state index contributed by atoms with van der Waals surface area (Å²) in [6.07, 6.45) is 3.60. The number of anilines is 1. The minimum atomic E-state index is -0.128. The van der Waals surface area contributed by atoms with E-state index < -0.39 is 0 Å². The van der Waals surface area contributed by atoms with E-state index in [1.165, 1.54) is 18.7 Å². The lowest BCUT2D eigenvalue weighted by Crippen LogP contribution is -2.14. The Morgan fingerprint density at radius 3 is 2.48 bits per heavy atom. The van der Waals surface area contributed by atoms with Gasteiger partial charge >= 0.3 is 0 Å². The largest absolute Gasteiger partial charge is 0.325 e. The fourth-order valence-corrected chi connectivity index (χ4v) is 3.34. The fourth-order valence-electron chi connectivity index (χ4n) is 2.46. The lowest BCUT2D eigenvalue weighted by Gasteiger charge is -2.08. The Balaban J connectivity index is 1.55. The molecule has 3 aromatic rings. The van der Waals surface area contributed by atoms with E-state index in [9.17, 15) is 9.59 Å². The molecule has 7 heteroatoms. The summed E-state index contributed by atoms with van der Waals surface area (Å²) >= 11 is 7.29. The molecule has 0 aliphatic carbocycles. The third-order valence-corrected chi connectivity index (χ3v) is 5.11. The summed E-state index contributed by atoms with van der Waals surface area (Å²) in [5.74, 6) is 0.110. The van der Waals surface area contributed by atoms with Crippen LogP contribution in [0.25, 0.3) is 0 Å². The molecule has 0 saturated heterocycles. The Labute approximate surface area is 166 Å². The van der Waals surface area contributed by atoms with Crippen molar-refractivity contribution in [1.82, 2.24) is 9.55 Å². The number of Topliss-reactive ketones (excluding diaryl/α,β-unsaturated/α-hetero) is 1. The van der Waals surface area contributed by atoms with Crippen molar-refractivity contribution in [1.29, 1.82) is 0 Å². The maximum atomic E-state index is 12.2. The van der Waals surface area contributed by atoms with Crippen LogP contribution in [-0.4, -0.2) is 27.0 Å². The Bertz CT molecular complexity index is 937. The molecule has 0 spiro atoms. The van der Waals surface area contributed by atoms with E-state index in [-0.39, 0.29) is 17.4 Å². The minimum Gasteiger partial charge on any atom is -0.325 e. The normalized spacial score (nSPS) is 10.6. The third-order valence-electron chi connectivity index (χ3n) is 3.85. The summed E-state index contributed by atoms with van der Waals surface area (Å²) in [5, 5.41) is 4.29. The van der Waals surface area contributed by atoms with Gasteiger partial charge in [0.25, 0.3) is 0 Å². The summed E-state index contributed by atoms with van der Waals surface area (Å²) in [6, 6.07) is 14.5. The van der Waals surface area contributed by atoms with Crippen LogP contribution in [0.4, 0.5) is 5.69 Å². The molecule has 1 aromatic heterocycles. The molecule has 5 nitrogen and oxygen atoms in total. The first-order chi connectivity index (χ1) is 13.0. The monoisotopic (exact) mass is 399 g/mol. The van der Waals surface area contributed by atoms with Gasteiger partial charge in [0, 0.05) is 35.2 Å². The highest BCUT2D eigenvalue weighted by Gasteiger charge is 2.09. The Kier molecular flexibility index (Phi) is 6.32. The zero-order chi connectivity index (χ0) is 19.2. The van der Waals surface area contributed by atoms with Gasteiger partial charge in [-0.05, 0) is 48.9 Å². The van der Waals surface area contributed by atoms with Crippen molar-refractivity contribution in [2.24, 2.45) is 0 Å². The van der Waals surface area contributed by atoms with E-state index in [0.29, 0.717) is 22.8 Å². The third kappa shape index (κ3) is 5.45. The molecule has 138 valence electrons. The van der Waals surface area contributed by atoms with E-state index in [0.717, 1.165) is 10.7 Å². The number of amides is 1. The van der Waals surface area contributed by atoms with E-state index in [1.807, 2.05) is 35.0 Å². The quantitative estimate of drug-likeness (QED) is 0.468. The van der Waals surface area contributed by atoms with Gasteiger partial charge in [-0.15, -0.1) is 0 Å². The van der Waals surface area contributed by atoms with E-state index in [1.54, 1.807) is 30.5 Å². The van der Waals surface area contributed by atoms with Crippen molar-refractivity contribution in [2.45, 2.75) is 18.6 Å². The highest BCUT2D eigenvalue weighted by molar-refractivity contribution is 7.99. The fraction of sp³-hybridized carbons (Fsp3) is 0.150. The van der Waals surface area contributed by atoms with Crippen molar-refractivity contribution >= 4 is 40.7 Å². The molecule has 3 rings (SSSR count). The zero-order valence-electron chi connectivity index (χ0n) is 14.7. The molecule has 0 aliphatic heterocycles. The van der Waals surface area contributed by atoms with Crippen molar-refractivity contribution in [3.05, 3.63) is 77.1 Å². The molecule has 1 heterocycles. The molecule has 0 atom stereocenters. The molecule has 0 unspecified atom stereocenters. The molecule has 0 radical (unpaired) electrons. The predicted molar refractivity (Wildman–Crippen MR) is 109 cm³/mol. The van der Waals surface area contributed by atoms with Crippen molar-refractivity contribution in [3.63, 3.8) is 0 Å². The van der Waals surface area contributed by atoms with Crippen LogP contribution < -0.4 is 5.32 Å². The average molecular weight is 400 g/mol. The molecular weight excluding hydrogens is 382 g/mol. The van der Waals surface area contributed by atoms with Gasteiger partial charge in [-0.2, -0.15) is 0 Å². The summed E-state index contributed by atoms with van der Waals surface area (Å²) in [5.41, 5.74) is 2.39. The summed E-state index contributed by atoms with van der Waals surface area (Å²) in [6.45, 7) is 2.17. The van der Waals surface area contributed by atoms with Crippen molar-refractivity contribution in [2.75, 3.05) is 11.1 Å². The van der Waals surface area contributed by atoms with Gasteiger partial charge in [0.1, 0.15) is 0 Å². The SMILES string of the molecule is CC(=O)c1ccc(NC(=O)CSc2nccn2Cc2ccc(Cl)cc2)cc1. The summed E-state index contributed by atoms with van der Waals surface area (Å²) in [4.78, 5) is 27.8. The Morgan fingerprint density at radius 2 is 1.81 bits per heavy atom. The molecular formula is C20H18ClN3O2S. The molecule has 1 N–H and O–H groups in total. The Morgan fingerprint density at radius 1 is 1.11 bits per heavy atom. The van der Waals surface area contributed by atoms with E-state index in [4.69, 9.17) is 11.6 Å². The van der Waals surface area contributed by atoms with Crippen LogP contribution in [0.5, 0.6) is 0 Å². The van der Waals surface area contributed by atoms with Crippen LogP contribution in [0, 0.1) is 0 Å². The molecule has 2 aromatic carbocycles. The van der Waals surface area contributed by atoms with Crippen molar-refractivity contribution in [3.8, 4) is 0 Å². The number of aromatic nitrogens is 2. The molecule has 0 saturated carbocycles. The molecule has 0 fully saturated rings. The highest BCUT2D eigenvalue weighted by atomic mass is 35.5. The number of carbonyl (C=O) groups excluding carboxylic acids is 2. The number of nitrogens with one attached hydrogen (secondary N) is 1. The van der Waals surface area contributed by atoms with E-state index in [2.05, 4.69) is 10.3 Å². The molecule has 1 amide bonds. The van der Waals surface area contributed by atoms with Crippen LogP contribution >= 0.6 is 23.4 Å². The van der Waals surface area contributed by atoms with Gasteiger partial charge in [-0.1, -0.05) is 35.5 Å². The summed E-state index contributed by atoms with van der Waals surface area (Å²) < 4.78 is 1.99. The number of imidazole rings is 1. The Hall–Kier alpha value is -2.57. The van der Waals surface area contributed by atoms with Crippen LogP contribution in [0.3, 0.4) is 0 Å². The van der Waals surface area contributed by atoms with Crippen LogP contribution in [0.1, 0.15) is 22.8 Å². The molecule has 0 bridgehead atoms. The highest BCUT2D eigenvalue weighted by Crippen LogP contribution is 2.19. The van der Waals surface area contributed by atoms with Gasteiger partial charge in [-0.3, -0.25) is 9.59 Å². The molecule has 0 aliphatic rings. The number of hydrogen-bond donors (Lipinski definition) is 1. The van der Waals surface area contributed by atoms with Crippen LogP contribution in [-0.2, 0) is 11.3 Å². The topological polar surface area (TPSA) is 64.0 Å². The number of nitrogens with zero attached hydrogens (tertiary/aromatic N) is 2. The maximum absolute atomic E-state index is 12.2.